The molecule has 0 aromatic carbocycles. The zero-order chi connectivity index (χ0) is 13.5. The van der Waals surface area contributed by atoms with Crippen LogP contribution in [0.5, 0.6) is 0 Å². The van der Waals surface area contributed by atoms with Gasteiger partial charge in [-0.2, -0.15) is 0 Å². The number of unbranched alkanes of at least 4 members (excludes halogenated alkanes) is 1. The first-order valence-electron chi connectivity index (χ1n) is 6.44. The number of hydrogen-bond donors (Lipinski definition) is 2. The third-order valence-corrected chi connectivity index (χ3v) is 3.50. The largest absolute Gasteiger partial charge is 0.480 e. The summed E-state index contributed by atoms with van der Waals surface area (Å²) < 4.78 is 0. The fraction of sp³-hybridized carbons (Fsp3) is 0.846. The van der Waals surface area contributed by atoms with E-state index in [2.05, 4.69) is 0 Å². The minimum Gasteiger partial charge on any atom is -0.480 e. The molecule has 1 atom stereocenters. The molecule has 0 aromatic rings. The molecule has 17 heavy (non-hydrogen) atoms. The van der Waals surface area contributed by atoms with Crippen LogP contribution in [0.15, 0.2) is 0 Å². The molecule has 1 unspecified atom stereocenters. The standard InChI is InChI=1S/C13H24O4/c1-4-7-8-10(6-3)13(9-5-2,11(14)15)12(16)17/h10H,4-9H2,1-3H3,(H,14,15)(H,16,17). The smallest absolute Gasteiger partial charge is 0.321 e. The molecule has 0 aliphatic rings. The predicted molar refractivity (Wildman–Crippen MR) is 65.9 cm³/mol. The molecule has 0 aliphatic carbocycles. The lowest BCUT2D eigenvalue weighted by molar-refractivity contribution is -0.170. The van der Waals surface area contributed by atoms with Crippen molar-refractivity contribution in [2.75, 3.05) is 0 Å². The second kappa shape index (κ2) is 7.30. The van der Waals surface area contributed by atoms with Gasteiger partial charge < -0.3 is 10.2 Å². The Hall–Kier alpha value is -1.06. The lowest BCUT2D eigenvalue weighted by atomic mass is 9.69. The Labute approximate surface area is 103 Å². The Morgan fingerprint density at radius 1 is 1.06 bits per heavy atom. The molecule has 2 N–H and O–H groups in total. The summed E-state index contributed by atoms with van der Waals surface area (Å²) in [6, 6.07) is 0. The fourth-order valence-corrected chi connectivity index (χ4v) is 2.50. The van der Waals surface area contributed by atoms with Crippen molar-refractivity contribution in [1.82, 2.24) is 0 Å². The van der Waals surface area contributed by atoms with E-state index in [0.29, 0.717) is 19.3 Å². The summed E-state index contributed by atoms with van der Waals surface area (Å²) in [6.07, 6.45) is 3.88. The summed E-state index contributed by atoms with van der Waals surface area (Å²) in [5.41, 5.74) is -1.60. The van der Waals surface area contributed by atoms with E-state index in [-0.39, 0.29) is 12.3 Å². The van der Waals surface area contributed by atoms with Gasteiger partial charge >= 0.3 is 11.9 Å². The van der Waals surface area contributed by atoms with E-state index in [4.69, 9.17) is 0 Å². The van der Waals surface area contributed by atoms with Crippen molar-refractivity contribution >= 4 is 11.9 Å². The van der Waals surface area contributed by atoms with Crippen LogP contribution in [0.25, 0.3) is 0 Å². The van der Waals surface area contributed by atoms with Crippen molar-refractivity contribution in [3.8, 4) is 0 Å². The van der Waals surface area contributed by atoms with Crippen LogP contribution in [0.4, 0.5) is 0 Å². The summed E-state index contributed by atoms with van der Waals surface area (Å²) in [6.45, 7) is 5.72. The maximum Gasteiger partial charge on any atom is 0.321 e. The summed E-state index contributed by atoms with van der Waals surface area (Å²) in [4.78, 5) is 22.9. The molecule has 0 saturated heterocycles. The maximum absolute atomic E-state index is 11.4. The minimum absolute atomic E-state index is 0.208. The fourth-order valence-electron chi connectivity index (χ4n) is 2.50. The Bertz CT molecular complexity index is 246. The Morgan fingerprint density at radius 2 is 1.59 bits per heavy atom. The second-order valence-electron chi connectivity index (χ2n) is 4.58. The zero-order valence-electron chi connectivity index (χ0n) is 11.0. The van der Waals surface area contributed by atoms with Crippen molar-refractivity contribution in [2.24, 2.45) is 11.3 Å². The molecule has 0 heterocycles. The number of rotatable bonds is 9. The number of carbonyl (C=O) groups is 2. The van der Waals surface area contributed by atoms with Crippen LogP contribution in [0.3, 0.4) is 0 Å². The average molecular weight is 244 g/mol. The molecule has 0 amide bonds. The van der Waals surface area contributed by atoms with Crippen molar-refractivity contribution in [3.63, 3.8) is 0 Å². The van der Waals surface area contributed by atoms with E-state index in [9.17, 15) is 19.8 Å². The Morgan fingerprint density at radius 3 is 1.88 bits per heavy atom. The van der Waals surface area contributed by atoms with Crippen molar-refractivity contribution in [3.05, 3.63) is 0 Å². The molecule has 0 saturated carbocycles. The molecule has 0 aromatic heterocycles. The van der Waals surface area contributed by atoms with E-state index in [1.807, 2.05) is 20.8 Å². The Kier molecular flexibility index (Phi) is 6.85. The zero-order valence-corrected chi connectivity index (χ0v) is 11.0. The van der Waals surface area contributed by atoms with Gasteiger partial charge in [0.25, 0.3) is 0 Å². The monoisotopic (exact) mass is 244 g/mol. The molecule has 0 fully saturated rings. The van der Waals surface area contributed by atoms with Gasteiger partial charge in [-0.05, 0) is 18.8 Å². The van der Waals surface area contributed by atoms with Crippen LogP contribution in [0.2, 0.25) is 0 Å². The van der Waals surface area contributed by atoms with Gasteiger partial charge in [-0.15, -0.1) is 0 Å². The quantitative estimate of drug-likeness (QED) is 0.611. The molecule has 0 bridgehead atoms. The van der Waals surface area contributed by atoms with Gasteiger partial charge in [-0.25, -0.2) is 0 Å². The summed E-state index contributed by atoms with van der Waals surface area (Å²) in [5, 5.41) is 18.7. The van der Waals surface area contributed by atoms with Gasteiger partial charge in [0.05, 0.1) is 0 Å². The van der Waals surface area contributed by atoms with Crippen LogP contribution in [-0.4, -0.2) is 22.2 Å². The molecule has 4 heteroatoms. The van der Waals surface area contributed by atoms with E-state index in [0.717, 1.165) is 12.8 Å². The van der Waals surface area contributed by atoms with Gasteiger partial charge in [0.15, 0.2) is 5.41 Å². The van der Waals surface area contributed by atoms with Crippen molar-refractivity contribution < 1.29 is 19.8 Å². The third-order valence-electron chi connectivity index (χ3n) is 3.50. The van der Waals surface area contributed by atoms with E-state index in [1.165, 1.54) is 0 Å². The highest BCUT2D eigenvalue weighted by atomic mass is 16.4. The van der Waals surface area contributed by atoms with Crippen molar-refractivity contribution in [1.29, 1.82) is 0 Å². The molecule has 0 radical (unpaired) electrons. The average Bonchev–Trinajstić information content (AvgIpc) is 2.27. The summed E-state index contributed by atoms with van der Waals surface area (Å²) in [7, 11) is 0. The summed E-state index contributed by atoms with van der Waals surface area (Å²) in [5.74, 6) is -2.65. The first-order valence-corrected chi connectivity index (χ1v) is 6.44. The molecule has 4 nitrogen and oxygen atoms in total. The first kappa shape index (κ1) is 15.9. The minimum atomic E-state index is -1.60. The van der Waals surface area contributed by atoms with Crippen LogP contribution in [0.1, 0.15) is 59.3 Å². The second-order valence-corrected chi connectivity index (χ2v) is 4.58. The number of hydrogen-bond acceptors (Lipinski definition) is 2. The SMILES string of the molecule is CCCCC(CC)C(CCC)(C(=O)O)C(=O)O. The van der Waals surface area contributed by atoms with Crippen molar-refractivity contribution in [2.45, 2.75) is 59.3 Å². The number of carboxylic acids is 2. The molecule has 0 rings (SSSR count). The molecular weight excluding hydrogens is 220 g/mol. The van der Waals surface area contributed by atoms with Crippen LogP contribution in [-0.2, 0) is 9.59 Å². The maximum atomic E-state index is 11.4. The van der Waals surface area contributed by atoms with Gasteiger partial charge in [0.1, 0.15) is 0 Å². The van der Waals surface area contributed by atoms with E-state index >= 15 is 0 Å². The predicted octanol–water partition coefficient (Wildman–Crippen LogP) is 3.16. The molecule has 100 valence electrons. The van der Waals surface area contributed by atoms with Crippen LogP contribution >= 0.6 is 0 Å². The van der Waals surface area contributed by atoms with Gasteiger partial charge in [-0.3, -0.25) is 9.59 Å². The van der Waals surface area contributed by atoms with E-state index < -0.39 is 17.4 Å². The number of carboxylic acid groups (broad SMARTS) is 2. The first-order chi connectivity index (χ1) is 7.97. The molecule has 0 spiro atoms. The highest BCUT2D eigenvalue weighted by Gasteiger charge is 2.50. The molecular formula is C13H24O4. The lowest BCUT2D eigenvalue weighted by Crippen LogP contribution is -2.45. The Balaban J connectivity index is 5.21. The summed E-state index contributed by atoms with van der Waals surface area (Å²) >= 11 is 0. The topological polar surface area (TPSA) is 74.6 Å². The normalized spacial score (nSPS) is 13.4. The van der Waals surface area contributed by atoms with Crippen LogP contribution < -0.4 is 0 Å². The lowest BCUT2D eigenvalue weighted by Gasteiger charge is -2.32. The highest BCUT2D eigenvalue weighted by molar-refractivity contribution is 5.98. The van der Waals surface area contributed by atoms with E-state index in [1.54, 1.807) is 0 Å². The van der Waals surface area contributed by atoms with Crippen LogP contribution in [0, 0.1) is 11.3 Å². The molecule has 0 aliphatic heterocycles. The van der Waals surface area contributed by atoms with Gasteiger partial charge in [0, 0.05) is 0 Å². The third kappa shape index (κ3) is 3.45. The van der Waals surface area contributed by atoms with Gasteiger partial charge in [0.2, 0.25) is 0 Å². The number of aliphatic carboxylic acids is 2. The highest BCUT2D eigenvalue weighted by Crippen LogP contribution is 2.39. The van der Waals surface area contributed by atoms with Gasteiger partial charge in [-0.1, -0.05) is 46.5 Å².